The van der Waals surface area contributed by atoms with E-state index in [9.17, 15) is 4.79 Å². The third kappa shape index (κ3) is 5.59. The molecule has 0 spiro atoms. The van der Waals surface area contributed by atoms with Crippen molar-refractivity contribution in [1.82, 2.24) is 9.80 Å². The minimum absolute atomic E-state index is 0.0105. The Labute approximate surface area is 137 Å². The molecule has 21 heavy (non-hydrogen) atoms. The zero-order chi connectivity index (χ0) is 15.1. The van der Waals surface area contributed by atoms with E-state index in [1.165, 1.54) is 0 Å². The zero-order valence-electron chi connectivity index (χ0n) is 12.6. The Hall–Kier alpha value is -0.0300. The molecule has 2 heterocycles. The van der Waals surface area contributed by atoms with Crippen LogP contribution in [0.25, 0.3) is 0 Å². The third-order valence-electron chi connectivity index (χ3n) is 4.54. The van der Waals surface area contributed by atoms with E-state index in [2.05, 4.69) is 9.80 Å². The molecule has 6 heteroatoms. The molecule has 0 aromatic heterocycles. The highest BCUT2D eigenvalue weighted by Crippen LogP contribution is 2.21. The van der Waals surface area contributed by atoms with Gasteiger partial charge in [0.1, 0.15) is 6.10 Å². The van der Waals surface area contributed by atoms with Crippen molar-refractivity contribution in [3.05, 3.63) is 0 Å². The fraction of sp³-hybridized carbons (Fsp3) is 0.933. The Morgan fingerprint density at radius 1 is 0.905 bits per heavy atom. The van der Waals surface area contributed by atoms with Crippen molar-refractivity contribution in [1.29, 1.82) is 0 Å². The fourth-order valence-corrected chi connectivity index (χ4v) is 3.62. The van der Waals surface area contributed by atoms with E-state index in [0.717, 1.165) is 65.0 Å². The van der Waals surface area contributed by atoms with Crippen molar-refractivity contribution in [3.8, 4) is 0 Å². The number of piperidine rings is 2. The summed E-state index contributed by atoms with van der Waals surface area (Å²) in [7, 11) is 0. The van der Waals surface area contributed by atoms with Gasteiger partial charge in [-0.3, -0.25) is 4.79 Å². The number of rotatable bonds is 6. The van der Waals surface area contributed by atoms with E-state index in [1.54, 1.807) is 0 Å². The van der Waals surface area contributed by atoms with Crippen LogP contribution in [0.15, 0.2) is 0 Å². The third-order valence-corrected chi connectivity index (χ3v) is 4.88. The molecular formula is C15H26Cl2N2O2. The molecule has 2 saturated heterocycles. The molecule has 4 nitrogen and oxygen atoms in total. The van der Waals surface area contributed by atoms with Gasteiger partial charge in [-0.05, 0) is 38.8 Å². The van der Waals surface area contributed by atoms with E-state index in [-0.39, 0.29) is 18.0 Å². The van der Waals surface area contributed by atoms with Gasteiger partial charge in [-0.1, -0.05) is 0 Å². The first kappa shape index (κ1) is 17.3. The van der Waals surface area contributed by atoms with Crippen LogP contribution in [-0.2, 0) is 9.53 Å². The highest BCUT2D eigenvalue weighted by Gasteiger charge is 2.29. The minimum Gasteiger partial charge on any atom is -0.462 e. The summed E-state index contributed by atoms with van der Waals surface area (Å²) in [6, 6.07) is 0. The average molecular weight is 337 g/mol. The van der Waals surface area contributed by atoms with Gasteiger partial charge in [0.2, 0.25) is 0 Å². The van der Waals surface area contributed by atoms with Gasteiger partial charge < -0.3 is 14.5 Å². The molecule has 0 saturated carbocycles. The van der Waals surface area contributed by atoms with Crippen molar-refractivity contribution < 1.29 is 9.53 Å². The van der Waals surface area contributed by atoms with Crippen LogP contribution >= 0.6 is 23.2 Å². The quantitative estimate of drug-likeness (QED) is 0.549. The maximum Gasteiger partial charge on any atom is 0.309 e. The number of carbonyl (C=O) groups is 1. The largest absolute Gasteiger partial charge is 0.462 e. The van der Waals surface area contributed by atoms with E-state index < -0.39 is 0 Å². The topological polar surface area (TPSA) is 32.8 Å². The first-order valence-corrected chi connectivity index (χ1v) is 9.07. The van der Waals surface area contributed by atoms with Crippen LogP contribution in [0.3, 0.4) is 0 Å². The van der Waals surface area contributed by atoms with Crippen molar-refractivity contribution in [2.24, 2.45) is 5.92 Å². The van der Waals surface area contributed by atoms with E-state index in [1.807, 2.05) is 0 Å². The predicted octanol–water partition coefficient (Wildman–Crippen LogP) is 2.18. The lowest BCUT2D eigenvalue weighted by Gasteiger charge is -2.34. The molecule has 2 aliphatic heterocycles. The number of nitrogens with zero attached hydrogens (tertiary/aromatic N) is 2. The van der Waals surface area contributed by atoms with Crippen molar-refractivity contribution in [3.63, 3.8) is 0 Å². The molecule has 2 fully saturated rings. The predicted molar refractivity (Wildman–Crippen MR) is 86.2 cm³/mol. The summed E-state index contributed by atoms with van der Waals surface area (Å²) in [6.07, 6.45) is 3.79. The normalized spacial score (nSPS) is 23.3. The van der Waals surface area contributed by atoms with E-state index >= 15 is 0 Å². The molecular weight excluding hydrogens is 311 g/mol. The summed E-state index contributed by atoms with van der Waals surface area (Å²) in [4.78, 5) is 16.9. The summed E-state index contributed by atoms with van der Waals surface area (Å²) in [5.74, 6) is 1.43. The summed E-state index contributed by atoms with van der Waals surface area (Å²) >= 11 is 11.5. The molecule has 0 unspecified atom stereocenters. The van der Waals surface area contributed by atoms with Crippen molar-refractivity contribution in [2.75, 3.05) is 51.0 Å². The van der Waals surface area contributed by atoms with Crippen molar-refractivity contribution in [2.45, 2.75) is 31.8 Å². The zero-order valence-corrected chi connectivity index (χ0v) is 14.1. The highest BCUT2D eigenvalue weighted by atomic mass is 35.5. The second kappa shape index (κ2) is 9.19. The van der Waals surface area contributed by atoms with Gasteiger partial charge in [0.05, 0.1) is 5.92 Å². The number of esters is 1. The van der Waals surface area contributed by atoms with E-state index in [0.29, 0.717) is 11.8 Å². The molecule has 0 aliphatic carbocycles. The van der Waals surface area contributed by atoms with Crippen LogP contribution in [0.2, 0.25) is 0 Å². The van der Waals surface area contributed by atoms with E-state index in [4.69, 9.17) is 27.9 Å². The molecule has 122 valence electrons. The molecule has 2 rings (SSSR count). The van der Waals surface area contributed by atoms with Gasteiger partial charge in [-0.15, -0.1) is 23.2 Å². The summed E-state index contributed by atoms with van der Waals surface area (Å²) in [6.45, 7) is 5.74. The molecule has 0 atom stereocenters. The van der Waals surface area contributed by atoms with Gasteiger partial charge >= 0.3 is 5.97 Å². The lowest BCUT2D eigenvalue weighted by Crippen LogP contribution is -2.41. The van der Waals surface area contributed by atoms with Crippen LogP contribution in [-0.4, -0.2) is 72.9 Å². The first-order valence-electron chi connectivity index (χ1n) is 8.00. The number of hydrogen-bond donors (Lipinski definition) is 0. The monoisotopic (exact) mass is 336 g/mol. The molecule has 2 aliphatic rings. The first-order chi connectivity index (χ1) is 10.2. The van der Waals surface area contributed by atoms with Crippen LogP contribution in [0.4, 0.5) is 0 Å². The van der Waals surface area contributed by atoms with Crippen LogP contribution in [0.1, 0.15) is 25.7 Å². The Morgan fingerprint density at radius 2 is 1.38 bits per heavy atom. The fourth-order valence-electron chi connectivity index (χ4n) is 3.14. The summed E-state index contributed by atoms with van der Waals surface area (Å²) in [5, 5.41) is 0. The van der Waals surface area contributed by atoms with Crippen LogP contribution < -0.4 is 0 Å². The smallest absolute Gasteiger partial charge is 0.309 e. The number of likely N-dealkylation sites (tertiary alicyclic amines) is 2. The second-order valence-corrected chi connectivity index (χ2v) is 6.73. The molecule has 0 amide bonds. The number of ether oxygens (including phenoxy) is 1. The lowest BCUT2D eigenvalue weighted by atomic mass is 9.97. The standard InChI is InChI=1S/C15H26Cl2N2O2/c16-5-11-18-7-1-13(2-8-18)15(20)21-14-3-9-19(10-4-14)12-6-17/h13-14H,1-12H2. The van der Waals surface area contributed by atoms with Gasteiger partial charge in [0, 0.05) is 37.9 Å². The Balaban J connectivity index is 1.66. The van der Waals surface area contributed by atoms with Crippen molar-refractivity contribution >= 4 is 29.2 Å². The molecule has 0 radical (unpaired) electrons. The summed E-state index contributed by atoms with van der Waals surface area (Å²) < 4.78 is 5.71. The second-order valence-electron chi connectivity index (χ2n) is 5.97. The number of hydrogen-bond acceptors (Lipinski definition) is 4. The molecule has 0 N–H and O–H groups in total. The summed E-state index contributed by atoms with van der Waals surface area (Å²) in [5.41, 5.74) is 0. The SMILES string of the molecule is O=C(OC1CCN(CCCl)CC1)C1CCN(CCCl)CC1. The van der Waals surface area contributed by atoms with Crippen LogP contribution in [0.5, 0.6) is 0 Å². The maximum absolute atomic E-state index is 12.2. The molecule has 0 bridgehead atoms. The Kier molecular flexibility index (Phi) is 7.58. The Bertz CT molecular complexity index is 315. The number of carbonyl (C=O) groups excluding carboxylic acids is 1. The van der Waals surface area contributed by atoms with Gasteiger partial charge in [-0.25, -0.2) is 0 Å². The average Bonchev–Trinajstić information content (AvgIpc) is 2.50. The lowest BCUT2D eigenvalue weighted by molar-refractivity contribution is -0.157. The van der Waals surface area contributed by atoms with Gasteiger partial charge in [0.25, 0.3) is 0 Å². The maximum atomic E-state index is 12.2. The highest BCUT2D eigenvalue weighted by molar-refractivity contribution is 6.18. The van der Waals surface area contributed by atoms with Gasteiger partial charge in [-0.2, -0.15) is 0 Å². The minimum atomic E-state index is 0.0105. The number of alkyl halides is 2. The number of halogens is 2. The Morgan fingerprint density at radius 3 is 1.86 bits per heavy atom. The molecule has 0 aromatic rings. The van der Waals surface area contributed by atoms with Crippen LogP contribution in [0, 0.1) is 5.92 Å². The molecule has 0 aromatic carbocycles. The van der Waals surface area contributed by atoms with Gasteiger partial charge in [0.15, 0.2) is 0 Å².